The van der Waals surface area contributed by atoms with Crippen LogP contribution in [0.4, 0.5) is 5.88 Å². The van der Waals surface area contributed by atoms with Crippen molar-refractivity contribution in [1.29, 1.82) is 5.26 Å². The van der Waals surface area contributed by atoms with Gasteiger partial charge in [-0.05, 0) is 54.1 Å². The molecule has 0 saturated carbocycles. The van der Waals surface area contributed by atoms with Crippen molar-refractivity contribution < 1.29 is 18.3 Å². The van der Waals surface area contributed by atoms with Gasteiger partial charge in [0.15, 0.2) is 0 Å². The molecule has 4 rings (SSSR count). The van der Waals surface area contributed by atoms with Gasteiger partial charge in [-0.2, -0.15) is 5.26 Å². The summed E-state index contributed by atoms with van der Waals surface area (Å²) in [6, 6.07) is 20.7. The van der Waals surface area contributed by atoms with Gasteiger partial charge in [0, 0.05) is 11.1 Å². The average molecular weight is 398 g/mol. The van der Waals surface area contributed by atoms with E-state index in [1.165, 1.54) is 6.21 Å². The van der Waals surface area contributed by atoms with E-state index in [1.807, 2.05) is 48.5 Å². The Labute approximate surface area is 173 Å². The molecule has 0 spiro atoms. The van der Waals surface area contributed by atoms with E-state index in [1.54, 1.807) is 32.6 Å². The predicted molar refractivity (Wildman–Crippen MR) is 113 cm³/mol. The van der Waals surface area contributed by atoms with Crippen LogP contribution in [0.2, 0.25) is 0 Å². The lowest BCUT2D eigenvalue weighted by Crippen LogP contribution is -1.86. The molecule has 0 saturated heterocycles. The van der Waals surface area contributed by atoms with Crippen LogP contribution >= 0.6 is 0 Å². The molecule has 4 aromatic rings. The van der Waals surface area contributed by atoms with Gasteiger partial charge in [0.05, 0.1) is 26.7 Å². The second-order valence-electron chi connectivity index (χ2n) is 6.33. The Morgan fingerprint density at radius 3 is 2.07 bits per heavy atom. The first kappa shape index (κ1) is 19.1. The summed E-state index contributed by atoms with van der Waals surface area (Å²) in [5, 5.41) is 9.91. The monoisotopic (exact) mass is 398 g/mol. The summed E-state index contributed by atoms with van der Waals surface area (Å²) in [4.78, 5) is 4.36. The molecule has 0 aliphatic rings. The van der Waals surface area contributed by atoms with Gasteiger partial charge < -0.3 is 18.3 Å². The van der Waals surface area contributed by atoms with Gasteiger partial charge in [0.1, 0.15) is 34.7 Å². The normalized spacial score (nSPS) is 10.8. The first-order valence-electron chi connectivity index (χ1n) is 9.16. The number of nitrogens with zero attached hydrogens (tertiary/aromatic N) is 2. The third-order valence-corrected chi connectivity index (χ3v) is 4.58. The zero-order chi connectivity index (χ0) is 20.9. The van der Waals surface area contributed by atoms with Crippen LogP contribution in [0.5, 0.6) is 11.5 Å². The number of furan rings is 2. The standard InChI is InChI=1S/C24H18N2O4/c1-27-18-9-5-16(6-10-18)22-21(14-25)24(26-15-20-4-3-13-29-20)30-23(22)17-7-11-19(28-2)12-8-17/h3-13,15H,1-2H3. The zero-order valence-electron chi connectivity index (χ0n) is 16.5. The Morgan fingerprint density at radius 1 is 0.900 bits per heavy atom. The van der Waals surface area contributed by atoms with Crippen molar-refractivity contribution >= 4 is 12.1 Å². The van der Waals surface area contributed by atoms with E-state index >= 15 is 0 Å². The quantitative estimate of drug-likeness (QED) is 0.381. The zero-order valence-corrected chi connectivity index (χ0v) is 16.5. The van der Waals surface area contributed by atoms with E-state index in [9.17, 15) is 5.26 Å². The minimum atomic E-state index is 0.213. The number of ether oxygens (including phenoxy) is 2. The number of rotatable bonds is 6. The van der Waals surface area contributed by atoms with Crippen molar-refractivity contribution in [2.75, 3.05) is 14.2 Å². The highest BCUT2D eigenvalue weighted by atomic mass is 16.5. The second-order valence-corrected chi connectivity index (χ2v) is 6.33. The fourth-order valence-electron chi connectivity index (χ4n) is 3.08. The van der Waals surface area contributed by atoms with Gasteiger partial charge in [-0.3, -0.25) is 0 Å². The van der Waals surface area contributed by atoms with E-state index in [2.05, 4.69) is 11.1 Å². The van der Waals surface area contributed by atoms with E-state index < -0.39 is 0 Å². The number of aliphatic imine (C=N–C) groups is 1. The maximum absolute atomic E-state index is 9.91. The van der Waals surface area contributed by atoms with E-state index in [-0.39, 0.29) is 5.88 Å². The van der Waals surface area contributed by atoms with Crippen molar-refractivity contribution in [3.05, 3.63) is 78.3 Å². The number of methoxy groups -OCH3 is 2. The molecule has 2 aromatic carbocycles. The second kappa shape index (κ2) is 8.41. The minimum Gasteiger partial charge on any atom is -0.497 e. The topological polar surface area (TPSA) is 80.9 Å². The highest BCUT2D eigenvalue weighted by molar-refractivity contribution is 5.89. The molecule has 0 radical (unpaired) electrons. The highest BCUT2D eigenvalue weighted by Crippen LogP contribution is 2.43. The number of hydrogen-bond acceptors (Lipinski definition) is 6. The van der Waals surface area contributed by atoms with Crippen LogP contribution in [0.15, 0.2) is 80.8 Å². The third kappa shape index (κ3) is 3.69. The SMILES string of the molecule is COc1ccc(-c2oc(N=Cc3ccco3)c(C#N)c2-c2ccc(OC)cc2)cc1. The van der Waals surface area contributed by atoms with Crippen LogP contribution in [-0.4, -0.2) is 20.4 Å². The van der Waals surface area contributed by atoms with Crippen molar-refractivity contribution in [2.45, 2.75) is 0 Å². The Morgan fingerprint density at radius 2 is 1.53 bits per heavy atom. The highest BCUT2D eigenvalue weighted by Gasteiger charge is 2.23. The average Bonchev–Trinajstić information content (AvgIpc) is 3.45. The molecule has 30 heavy (non-hydrogen) atoms. The first-order chi connectivity index (χ1) is 14.7. The number of hydrogen-bond donors (Lipinski definition) is 0. The van der Waals surface area contributed by atoms with Gasteiger partial charge in [-0.25, -0.2) is 4.99 Å². The van der Waals surface area contributed by atoms with E-state index in [0.717, 1.165) is 22.6 Å². The van der Waals surface area contributed by atoms with Crippen LogP contribution < -0.4 is 9.47 Å². The van der Waals surface area contributed by atoms with Crippen LogP contribution in [-0.2, 0) is 0 Å². The molecule has 0 unspecified atom stereocenters. The molecule has 2 aromatic heterocycles. The van der Waals surface area contributed by atoms with Crippen LogP contribution in [0.3, 0.4) is 0 Å². The summed E-state index contributed by atoms with van der Waals surface area (Å²) >= 11 is 0. The smallest absolute Gasteiger partial charge is 0.238 e. The summed E-state index contributed by atoms with van der Waals surface area (Å²) in [6.45, 7) is 0. The van der Waals surface area contributed by atoms with Crippen molar-refractivity contribution in [3.8, 4) is 40.0 Å². The summed E-state index contributed by atoms with van der Waals surface area (Å²) < 4.78 is 21.9. The van der Waals surface area contributed by atoms with Gasteiger partial charge in [0.25, 0.3) is 0 Å². The Bertz CT molecular complexity index is 1200. The molecule has 148 valence electrons. The first-order valence-corrected chi connectivity index (χ1v) is 9.16. The molecular weight excluding hydrogens is 380 g/mol. The Kier molecular flexibility index (Phi) is 5.35. The molecule has 0 aliphatic carbocycles. The largest absolute Gasteiger partial charge is 0.497 e. The third-order valence-electron chi connectivity index (χ3n) is 4.58. The minimum absolute atomic E-state index is 0.213. The molecule has 0 bridgehead atoms. The maximum atomic E-state index is 9.91. The van der Waals surface area contributed by atoms with Crippen LogP contribution in [0.1, 0.15) is 11.3 Å². The lowest BCUT2D eigenvalue weighted by atomic mass is 9.98. The summed E-state index contributed by atoms with van der Waals surface area (Å²) in [5.41, 5.74) is 2.63. The molecule has 0 atom stereocenters. The molecular formula is C24H18N2O4. The molecule has 0 fully saturated rings. The summed E-state index contributed by atoms with van der Waals surface area (Å²) in [5.74, 6) is 2.78. The predicted octanol–water partition coefficient (Wildman–Crippen LogP) is 5.85. The number of benzene rings is 2. The van der Waals surface area contributed by atoms with Gasteiger partial charge >= 0.3 is 0 Å². The fourth-order valence-corrected chi connectivity index (χ4v) is 3.08. The molecule has 0 aliphatic heterocycles. The van der Waals surface area contributed by atoms with Crippen molar-refractivity contribution in [1.82, 2.24) is 0 Å². The lowest BCUT2D eigenvalue weighted by molar-refractivity contribution is 0.414. The van der Waals surface area contributed by atoms with Crippen molar-refractivity contribution in [2.24, 2.45) is 4.99 Å². The summed E-state index contributed by atoms with van der Waals surface area (Å²) in [7, 11) is 3.22. The van der Waals surface area contributed by atoms with Gasteiger partial charge in [-0.15, -0.1) is 0 Å². The lowest BCUT2D eigenvalue weighted by Gasteiger charge is -2.06. The molecule has 2 heterocycles. The van der Waals surface area contributed by atoms with Crippen LogP contribution in [0, 0.1) is 11.3 Å². The van der Waals surface area contributed by atoms with Gasteiger partial charge in [-0.1, -0.05) is 12.1 Å². The molecule has 0 amide bonds. The fraction of sp³-hybridized carbons (Fsp3) is 0.0833. The maximum Gasteiger partial charge on any atom is 0.238 e. The van der Waals surface area contributed by atoms with Crippen molar-refractivity contribution in [3.63, 3.8) is 0 Å². The molecule has 6 nitrogen and oxygen atoms in total. The molecule has 6 heteroatoms. The Hall–Kier alpha value is -4.24. The summed E-state index contributed by atoms with van der Waals surface area (Å²) in [6.07, 6.45) is 3.08. The van der Waals surface area contributed by atoms with Crippen LogP contribution in [0.25, 0.3) is 22.5 Å². The number of nitriles is 1. The Balaban J connectivity index is 1.88. The van der Waals surface area contributed by atoms with E-state index in [4.69, 9.17) is 18.3 Å². The van der Waals surface area contributed by atoms with E-state index in [0.29, 0.717) is 22.6 Å². The van der Waals surface area contributed by atoms with Gasteiger partial charge in [0.2, 0.25) is 5.88 Å². The molecule has 0 N–H and O–H groups in total.